The summed E-state index contributed by atoms with van der Waals surface area (Å²) < 4.78 is 5.29. The number of nitrogens with zero attached hydrogens (tertiary/aromatic N) is 2. The van der Waals surface area contributed by atoms with Gasteiger partial charge in [-0.15, -0.1) is 0 Å². The lowest BCUT2D eigenvalue weighted by Crippen LogP contribution is -2.33. The van der Waals surface area contributed by atoms with Crippen molar-refractivity contribution in [1.82, 2.24) is 0 Å². The molecule has 2 aliphatic carbocycles. The number of nitrogens with two attached hydrogens (primary N) is 2. The average Bonchev–Trinajstić information content (AvgIpc) is 3.02. The molecule has 0 heterocycles. The molecule has 228 valence electrons. The summed E-state index contributed by atoms with van der Waals surface area (Å²) >= 11 is 0. The van der Waals surface area contributed by atoms with Gasteiger partial charge in [0.1, 0.15) is 5.75 Å². The quantitative estimate of drug-likeness (QED) is 0.334. The molecule has 0 aromatic heterocycles. The standard InChI is InChI=1S/C20H29N3O.C14H20O.CH5N.H2/c1-15(2)22-14-18(13-21)17-10-7-11-19(12-17)23(3)20(24)16-8-5-4-6-9-16;1-11-10-13(8-9-14(11)15-2)12-6-4-3-5-7-12;1-2;/h7,10-16H,4-6,8-9,21H2,1-3H3;8-10,12H,3-7H2,1-2H3;2H2,1H3;1H/b18-13+,22-14?;;;. The molecule has 0 bridgehead atoms. The number of carbonyl (C=O) groups excluding carboxylic acids is 1. The van der Waals surface area contributed by atoms with Gasteiger partial charge in [-0.1, -0.05) is 62.8 Å². The molecule has 0 saturated heterocycles. The minimum absolute atomic E-state index is 0. The van der Waals surface area contributed by atoms with E-state index in [9.17, 15) is 4.79 Å². The fourth-order valence-corrected chi connectivity index (χ4v) is 5.68. The highest BCUT2D eigenvalue weighted by molar-refractivity contribution is 6.10. The van der Waals surface area contributed by atoms with Crippen LogP contribution in [0.4, 0.5) is 5.69 Å². The highest BCUT2D eigenvalue weighted by Crippen LogP contribution is 2.34. The van der Waals surface area contributed by atoms with Gasteiger partial charge in [-0.05, 0) is 94.3 Å². The van der Waals surface area contributed by atoms with Crippen LogP contribution < -0.4 is 21.1 Å². The smallest absolute Gasteiger partial charge is 0.229 e. The molecule has 0 aliphatic heterocycles. The number of hydrogen-bond acceptors (Lipinski definition) is 5. The molecule has 41 heavy (non-hydrogen) atoms. The molecule has 2 aromatic rings. The van der Waals surface area contributed by atoms with Crippen LogP contribution in [0.25, 0.3) is 5.57 Å². The number of aryl methyl sites for hydroxylation is 1. The number of anilines is 1. The first-order valence-electron chi connectivity index (χ1n) is 15.4. The molecule has 0 radical (unpaired) electrons. The van der Waals surface area contributed by atoms with Crippen LogP contribution in [0, 0.1) is 12.8 Å². The summed E-state index contributed by atoms with van der Waals surface area (Å²) in [5.74, 6) is 2.19. The summed E-state index contributed by atoms with van der Waals surface area (Å²) in [6.45, 7) is 6.18. The molecule has 2 aliphatic rings. The van der Waals surface area contributed by atoms with E-state index in [1.807, 2.05) is 45.2 Å². The Morgan fingerprint density at radius 2 is 1.63 bits per heavy atom. The van der Waals surface area contributed by atoms with Gasteiger partial charge in [-0.2, -0.15) is 0 Å². The van der Waals surface area contributed by atoms with Crippen LogP contribution >= 0.6 is 0 Å². The van der Waals surface area contributed by atoms with E-state index < -0.39 is 0 Å². The number of ether oxygens (including phenoxy) is 1. The van der Waals surface area contributed by atoms with E-state index in [-0.39, 0.29) is 19.3 Å². The Hall–Kier alpha value is -3.12. The third kappa shape index (κ3) is 10.7. The van der Waals surface area contributed by atoms with Crippen molar-refractivity contribution in [3.8, 4) is 5.75 Å². The Labute approximate surface area is 250 Å². The molecule has 2 saturated carbocycles. The largest absolute Gasteiger partial charge is 0.496 e. The van der Waals surface area contributed by atoms with Crippen LogP contribution in [0.2, 0.25) is 0 Å². The third-order valence-electron chi connectivity index (χ3n) is 8.04. The normalized spacial score (nSPS) is 16.4. The first kappa shape index (κ1) is 34.1. The van der Waals surface area contributed by atoms with E-state index in [1.165, 1.54) is 56.7 Å². The molecule has 6 nitrogen and oxygen atoms in total. The SMILES string of the molecule is CC(C)N=C/C(=C\N)c1cccc(N(C)C(=O)C2CCCCC2)c1.CN.COc1ccc(C2CCCCC2)cc1C.[HH]. The van der Waals surface area contributed by atoms with E-state index in [0.717, 1.165) is 54.2 Å². The van der Waals surface area contributed by atoms with Gasteiger partial charge in [0.15, 0.2) is 0 Å². The van der Waals surface area contributed by atoms with Gasteiger partial charge < -0.3 is 21.1 Å². The highest BCUT2D eigenvalue weighted by atomic mass is 16.5. The van der Waals surface area contributed by atoms with Crippen molar-refractivity contribution in [3.63, 3.8) is 0 Å². The Morgan fingerprint density at radius 1 is 1.00 bits per heavy atom. The highest BCUT2D eigenvalue weighted by Gasteiger charge is 2.25. The van der Waals surface area contributed by atoms with Crippen molar-refractivity contribution in [2.45, 2.75) is 96.9 Å². The van der Waals surface area contributed by atoms with Gasteiger partial charge in [-0.25, -0.2) is 0 Å². The Kier molecular flexibility index (Phi) is 15.2. The summed E-state index contributed by atoms with van der Waals surface area (Å²) in [6, 6.07) is 14.8. The van der Waals surface area contributed by atoms with Crippen molar-refractivity contribution < 1.29 is 11.0 Å². The molecule has 2 fully saturated rings. The number of carbonyl (C=O) groups is 1. The summed E-state index contributed by atoms with van der Waals surface area (Å²) in [5.41, 5.74) is 15.8. The third-order valence-corrected chi connectivity index (χ3v) is 8.04. The summed E-state index contributed by atoms with van der Waals surface area (Å²) in [7, 11) is 5.10. The molecular weight excluding hydrogens is 508 g/mol. The lowest BCUT2D eigenvalue weighted by atomic mass is 9.83. The Morgan fingerprint density at radius 3 is 2.20 bits per heavy atom. The predicted octanol–water partition coefficient (Wildman–Crippen LogP) is 7.88. The van der Waals surface area contributed by atoms with Gasteiger partial charge >= 0.3 is 0 Å². The summed E-state index contributed by atoms with van der Waals surface area (Å²) in [4.78, 5) is 18.9. The molecule has 6 heteroatoms. The van der Waals surface area contributed by atoms with Gasteiger partial charge in [0, 0.05) is 44.1 Å². The maximum absolute atomic E-state index is 12.7. The number of rotatable bonds is 7. The average molecular weight is 565 g/mol. The topological polar surface area (TPSA) is 93.9 Å². The number of benzene rings is 2. The molecule has 4 rings (SSSR count). The van der Waals surface area contributed by atoms with Gasteiger partial charge in [-0.3, -0.25) is 9.79 Å². The second-order valence-electron chi connectivity index (χ2n) is 11.3. The van der Waals surface area contributed by atoms with Gasteiger partial charge in [0.25, 0.3) is 0 Å². The van der Waals surface area contributed by atoms with Crippen molar-refractivity contribution in [1.29, 1.82) is 0 Å². The minimum Gasteiger partial charge on any atom is -0.496 e. The molecule has 1 amide bonds. The maximum Gasteiger partial charge on any atom is 0.229 e. The van der Waals surface area contributed by atoms with Crippen molar-refractivity contribution in [2.24, 2.45) is 22.4 Å². The monoisotopic (exact) mass is 564 g/mol. The minimum atomic E-state index is 0. The van der Waals surface area contributed by atoms with E-state index in [4.69, 9.17) is 10.5 Å². The van der Waals surface area contributed by atoms with E-state index in [2.05, 4.69) is 35.8 Å². The van der Waals surface area contributed by atoms with Crippen molar-refractivity contribution >= 4 is 23.4 Å². The Bertz CT molecular complexity index is 1120. The van der Waals surface area contributed by atoms with Crippen molar-refractivity contribution in [3.05, 3.63) is 65.4 Å². The van der Waals surface area contributed by atoms with E-state index >= 15 is 0 Å². The molecule has 0 spiro atoms. The van der Waals surface area contributed by atoms with Crippen LogP contribution in [-0.4, -0.2) is 39.4 Å². The zero-order valence-corrected chi connectivity index (χ0v) is 26.4. The Balaban J connectivity index is 0.000000421. The molecular formula is C35H56N4O2. The number of aliphatic imine (C=N–C) groups is 1. The van der Waals surface area contributed by atoms with Crippen LogP contribution in [0.3, 0.4) is 0 Å². The molecule has 0 atom stereocenters. The maximum atomic E-state index is 12.7. The summed E-state index contributed by atoms with van der Waals surface area (Å²) in [6.07, 6.45) is 15.9. The molecule has 4 N–H and O–H groups in total. The molecule has 2 aromatic carbocycles. The van der Waals surface area contributed by atoms with E-state index in [1.54, 1.807) is 24.4 Å². The zero-order valence-electron chi connectivity index (χ0n) is 26.4. The number of allylic oxidation sites excluding steroid dienone is 1. The van der Waals surface area contributed by atoms with Crippen LogP contribution in [0.5, 0.6) is 5.75 Å². The fraction of sp³-hybridized carbons (Fsp3) is 0.543. The lowest BCUT2D eigenvalue weighted by Gasteiger charge is -2.26. The van der Waals surface area contributed by atoms with E-state index in [0.29, 0.717) is 0 Å². The first-order valence-corrected chi connectivity index (χ1v) is 15.4. The van der Waals surface area contributed by atoms with Crippen LogP contribution in [-0.2, 0) is 4.79 Å². The number of methoxy groups -OCH3 is 1. The van der Waals surface area contributed by atoms with Crippen molar-refractivity contribution in [2.75, 3.05) is 26.1 Å². The lowest BCUT2D eigenvalue weighted by molar-refractivity contribution is -0.123. The second-order valence-corrected chi connectivity index (χ2v) is 11.3. The predicted molar refractivity (Wildman–Crippen MR) is 178 cm³/mol. The summed E-state index contributed by atoms with van der Waals surface area (Å²) in [5, 5.41) is 0. The van der Waals surface area contributed by atoms with Gasteiger partial charge in [0.2, 0.25) is 5.91 Å². The fourth-order valence-electron chi connectivity index (χ4n) is 5.68. The zero-order chi connectivity index (χ0) is 30.2. The van der Waals surface area contributed by atoms with Crippen LogP contribution in [0.1, 0.15) is 102 Å². The first-order chi connectivity index (χ1) is 19.8. The van der Waals surface area contributed by atoms with Gasteiger partial charge in [0.05, 0.1) is 7.11 Å². The van der Waals surface area contributed by atoms with Crippen LogP contribution in [0.15, 0.2) is 53.7 Å². The number of amides is 1. The molecule has 0 unspecified atom stereocenters. The number of hydrogen-bond donors (Lipinski definition) is 2. The second kappa shape index (κ2) is 18.3.